The van der Waals surface area contributed by atoms with Gasteiger partial charge in [-0.3, -0.25) is 4.57 Å². The summed E-state index contributed by atoms with van der Waals surface area (Å²) >= 11 is 0. The molecule has 0 atom stereocenters. The first-order chi connectivity index (χ1) is 19.8. The minimum Gasteiger partial charge on any atom is -0.495 e. The maximum Gasteiger partial charge on any atom is 0.323 e. The number of imidazole rings is 1. The Morgan fingerprint density at radius 2 is 1.68 bits per heavy atom. The second-order valence-corrected chi connectivity index (χ2v) is 11.6. The number of amides is 2. The van der Waals surface area contributed by atoms with Gasteiger partial charge in [0.25, 0.3) is 0 Å². The average Bonchev–Trinajstić information content (AvgIpc) is 3.63. The number of methoxy groups -OCH3 is 1. The van der Waals surface area contributed by atoms with Gasteiger partial charge in [-0.25, -0.2) is 19.7 Å². The molecule has 210 valence electrons. The minimum atomic E-state index is -0.351. The number of anilines is 3. The van der Waals surface area contributed by atoms with E-state index in [9.17, 15) is 4.79 Å². The van der Waals surface area contributed by atoms with Gasteiger partial charge in [-0.2, -0.15) is 0 Å². The third kappa shape index (κ3) is 5.27. The largest absolute Gasteiger partial charge is 0.495 e. The van der Waals surface area contributed by atoms with E-state index >= 15 is 0 Å². The summed E-state index contributed by atoms with van der Waals surface area (Å²) in [7, 11) is 1.60. The topological polar surface area (TPSA) is 106 Å². The summed E-state index contributed by atoms with van der Waals surface area (Å²) in [4.78, 5) is 27.0. The van der Waals surface area contributed by atoms with Crippen molar-refractivity contribution in [3.8, 4) is 11.4 Å². The van der Waals surface area contributed by atoms with Crippen LogP contribution in [0.5, 0.6) is 5.75 Å². The lowest BCUT2D eigenvalue weighted by Gasteiger charge is -2.21. The number of aromatic nitrogens is 4. The van der Waals surface area contributed by atoms with Crippen molar-refractivity contribution in [1.29, 1.82) is 0 Å². The highest BCUT2D eigenvalue weighted by Crippen LogP contribution is 2.34. The monoisotopic (exact) mass is 549 g/mol. The van der Waals surface area contributed by atoms with Crippen molar-refractivity contribution >= 4 is 45.2 Å². The smallest absolute Gasteiger partial charge is 0.323 e. The molecule has 0 bridgehead atoms. The number of fused-ring (bicyclic) bond motifs is 2. The van der Waals surface area contributed by atoms with Crippen molar-refractivity contribution in [2.45, 2.75) is 57.9 Å². The molecular weight excluding hydrogens is 514 g/mol. The molecule has 1 aliphatic rings. The van der Waals surface area contributed by atoms with Gasteiger partial charge in [0.05, 0.1) is 24.2 Å². The van der Waals surface area contributed by atoms with Crippen molar-refractivity contribution in [3.05, 3.63) is 72.8 Å². The summed E-state index contributed by atoms with van der Waals surface area (Å²) in [6.07, 6.45) is 8.14. The lowest BCUT2D eigenvalue weighted by molar-refractivity contribution is 0.262. The number of nitrogens with one attached hydrogen (secondary N) is 3. The van der Waals surface area contributed by atoms with Crippen molar-refractivity contribution in [2.24, 2.45) is 0 Å². The Hall–Kier alpha value is -4.66. The van der Waals surface area contributed by atoms with Gasteiger partial charge in [0, 0.05) is 16.8 Å². The molecule has 41 heavy (non-hydrogen) atoms. The Bertz CT molecular complexity index is 1730. The summed E-state index contributed by atoms with van der Waals surface area (Å²) < 4.78 is 7.48. The molecule has 3 aromatic carbocycles. The van der Waals surface area contributed by atoms with E-state index < -0.39 is 0 Å². The number of benzene rings is 3. The molecular formula is C32H35N7O2. The summed E-state index contributed by atoms with van der Waals surface area (Å²) in [5.74, 6) is 1.37. The Labute approximate surface area is 239 Å². The summed E-state index contributed by atoms with van der Waals surface area (Å²) in [5.41, 5.74) is 4.73. The third-order valence-electron chi connectivity index (χ3n) is 7.75. The molecule has 9 nitrogen and oxygen atoms in total. The quantitative estimate of drug-likeness (QED) is 0.206. The van der Waals surface area contributed by atoms with Crippen molar-refractivity contribution in [3.63, 3.8) is 0 Å². The van der Waals surface area contributed by atoms with Crippen molar-refractivity contribution < 1.29 is 9.53 Å². The highest BCUT2D eigenvalue weighted by molar-refractivity contribution is 6.08. The molecule has 2 aromatic heterocycles. The lowest BCUT2D eigenvalue weighted by Crippen LogP contribution is -2.21. The fraction of sp³-hybridized carbons (Fsp3) is 0.312. The molecule has 2 amide bonds. The number of urea groups is 1. The van der Waals surface area contributed by atoms with Crippen molar-refractivity contribution in [2.75, 3.05) is 23.1 Å². The number of hydrogen-bond acceptors (Lipinski definition) is 6. The van der Waals surface area contributed by atoms with Gasteiger partial charge in [-0.15, -0.1) is 0 Å². The van der Waals surface area contributed by atoms with Crippen LogP contribution >= 0.6 is 0 Å². The highest BCUT2D eigenvalue weighted by atomic mass is 16.5. The SMILES string of the molecule is COc1ccc(C(C)(C)C)cc1NC(=O)Nc1ccc(-n2cnc3c(NC4CCCC4)ncnc32)c2ccccc12. The molecule has 1 saturated carbocycles. The molecule has 0 saturated heterocycles. The number of nitrogens with zero attached hydrogens (tertiary/aromatic N) is 4. The lowest BCUT2D eigenvalue weighted by atomic mass is 9.87. The van der Waals surface area contributed by atoms with Gasteiger partial charge < -0.3 is 20.7 Å². The number of carbonyl (C=O) groups is 1. The average molecular weight is 550 g/mol. The van der Waals surface area contributed by atoms with Crippen LogP contribution in [0, 0.1) is 0 Å². The second kappa shape index (κ2) is 10.7. The molecule has 0 aliphatic heterocycles. The first-order valence-corrected chi connectivity index (χ1v) is 14.0. The van der Waals surface area contributed by atoms with E-state index in [2.05, 4.69) is 51.7 Å². The van der Waals surface area contributed by atoms with Gasteiger partial charge >= 0.3 is 6.03 Å². The van der Waals surface area contributed by atoms with Gasteiger partial charge in [-0.1, -0.05) is 63.9 Å². The van der Waals surface area contributed by atoms with Crippen LogP contribution in [0.2, 0.25) is 0 Å². The number of hydrogen-bond donors (Lipinski definition) is 3. The predicted octanol–water partition coefficient (Wildman–Crippen LogP) is 7.27. The molecule has 1 fully saturated rings. The predicted molar refractivity (Wildman–Crippen MR) is 164 cm³/mol. The Morgan fingerprint density at radius 1 is 0.927 bits per heavy atom. The molecule has 0 spiro atoms. The summed E-state index contributed by atoms with van der Waals surface area (Å²) in [6, 6.07) is 17.8. The van der Waals surface area contributed by atoms with Gasteiger partial charge in [-0.05, 0) is 48.1 Å². The first-order valence-electron chi connectivity index (χ1n) is 14.0. The molecule has 5 aromatic rings. The van der Waals surface area contributed by atoms with Crippen molar-refractivity contribution in [1.82, 2.24) is 19.5 Å². The Morgan fingerprint density at radius 3 is 2.44 bits per heavy atom. The third-order valence-corrected chi connectivity index (χ3v) is 7.75. The van der Waals surface area contributed by atoms with E-state index in [0.29, 0.717) is 23.2 Å². The number of carbonyl (C=O) groups excluding carboxylic acids is 1. The first kappa shape index (κ1) is 26.6. The molecule has 6 rings (SSSR count). The fourth-order valence-electron chi connectivity index (χ4n) is 5.53. The standard InChI is InChI=1S/C32H35N7O2/c1-32(2,3)20-13-16-27(41-4)25(17-20)38-31(40)37-24-14-15-26(23-12-8-7-11-22(23)24)39-19-35-28-29(33-18-34-30(28)39)36-21-9-5-6-10-21/h7-8,11-19,21H,5-6,9-10H2,1-4H3,(H,33,34,36)(H2,37,38,40). The van der Waals surface area contributed by atoms with Crippen LogP contribution in [0.1, 0.15) is 52.0 Å². The van der Waals surface area contributed by atoms with Gasteiger partial charge in [0.2, 0.25) is 0 Å². The van der Waals surface area contributed by atoms with Gasteiger partial charge in [0.15, 0.2) is 17.0 Å². The highest BCUT2D eigenvalue weighted by Gasteiger charge is 2.20. The fourth-order valence-corrected chi connectivity index (χ4v) is 5.53. The van der Waals surface area contributed by atoms with E-state index in [0.717, 1.165) is 51.8 Å². The van der Waals surface area contributed by atoms with E-state index in [4.69, 9.17) is 4.74 Å². The maximum atomic E-state index is 13.2. The maximum absolute atomic E-state index is 13.2. The van der Waals surface area contributed by atoms with E-state index in [1.807, 2.05) is 59.2 Å². The van der Waals surface area contributed by atoms with Crippen LogP contribution in [-0.4, -0.2) is 38.7 Å². The number of rotatable bonds is 6. The second-order valence-electron chi connectivity index (χ2n) is 11.6. The molecule has 0 unspecified atom stereocenters. The molecule has 9 heteroatoms. The van der Waals surface area contributed by atoms with Crippen LogP contribution in [-0.2, 0) is 5.41 Å². The van der Waals surface area contributed by atoms with Gasteiger partial charge in [0.1, 0.15) is 18.4 Å². The summed E-state index contributed by atoms with van der Waals surface area (Å²) in [5, 5.41) is 11.4. The molecule has 0 radical (unpaired) electrons. The van der Waals surface area contributed by atoms with Crippen LogP contribution in [0.25, 0.3) is 27.6 Å². The molecule has 1 aliphatic carbocycles. The zero-order chi connectivity index (χ0) is 28.6. The van der Waals surface area contributed by atoms with Crippen LogP contribution in [0.15, 0.2) is 67.3 Å². The zero-order valence-electron chi connectivity index (χ0n) is 23.9. The van der Waals surface area contributed by atoms with Crippen LogP contribution in [0.4, 0.5) is 22.0 Å². The van der Waals surface area contributed by atoms with E-state index in [1.165, 1.54) is 12.8 Å². The summed E-state index contributed by atoms with van der Waals surface area (Å²) in [6.45, 7) is 6.40. The zero-order valence-corrected chi connectivity index (χ0v) is 23.9. The van der Waals surface area contributed by atoms with E-state index in [-0.39, 0.29) is 11.4 Å². The molecule has 2 heterocycles. The molecule has 3 N–H and O–H groups in total. The Balaban J connectivity index is 1.31. The Kier molecular flexibility index (Phi) is 6.95. The minimum absolute atomic E-state index is 0.0685. The van der Waals surface area contributed by atoms with Crippen LogP contribution in [0.3, 0.4) is 0 Å². The van der Waals surface area contributed by atoms with Crippen LogP contribution < -0.4 is 20.7 Å². The normalized spacial score (nSPS) is 14.0. The number of ether oxygens (including phenoxy) is 1. The van der Waals surface area contributed by atoms with E-state index in [1.54, 1.807) is 19.8 Å².